The molecular weight excluding hydrogens is 544 g/mol. The average molecular weight is 587 g/mol. The molecule has 0 radical (unpaired) electrons. The summed E-state index contributed by atoms with van der Waals surface area (Å²) in [6, 6.07) is -1.99. The van der Waals surface area contributed by atoms with E-state index in [-0.39, 0.29) is 11.0 Å². The summed E-state index contributed by atoms with van der Waals surface area (Å²) in [5, 5.41) is 29.1. The summed E-state index contributed by atoms with van der Waals surface area (Å²) in [6.45, 7) is 13.4. The lowest BCUT2D eigenvalue weighted by Gasteiger charge is -2.36. The summed E-state index contributed by atoms with van der Waals surface area (Å²) in [4.78, 5) is 56.9. The Morgan fingerprint density at radius 1 is 0.829 bits per heavy atom. The highest BCUT2D eigenvalue weighted by Crippen LogP contribution is 2.29. The Bertz CT molecular complexity index is 1190. The minimum absolute atomic E-state index is 0.189. The largest absolute Gasteiger partial charge is 0.519 e. The first-order valence-corrected chi connectivity index (χ1v) is 12.7. The van der Waals surface area contributed by atoms with Crippen LogP contribution in [-0.4, -0.2) is 96.2 Å². The molecule has 2 rings (SSSR count). The molecule has 2 aromatic rings. The van der Waals surface area contributed by atoms with Crippen molar-refractivity contribution in [3.8, 4) is 0 Å². The quantitative estimate of drug-likeness (QED) is 0.188. The lowest BCUT2D eigenvalue weighted by atomic mass is 10.1. The summed E-state index contributed by atoms with van der Waals surface area (Å²) in [5.41, 5.74) is -1.78. The maximum Gasteiger partial charge on any atom is 0.519 e. The molecule has 0 saturated heterocycles. The molecule has 15 nitrogen and oxygen atoms in total. The number of ether oxygens (including phenoxy) is 4. The van der Waals surface area contributed by atoms with Gasteiger partial charge in [-0.2, -0.15) is 0 Å². The first kappa shape index (κ1) is 35.3. The number of aromatic nitrogens is 3. The molecule has 15 heteroatoms. The standard InChI is InChI=1S/C16H24N4O6.C10H18O5/c1-16(2,3)26-15(25)20(9(5-21)6-22)11(7-23)10-4-17-13-12(10)18-8-19-14(13)24;1-9(2,3)14-7(11)13-8(12)15-10(4,5)6/h4,8-9,11,17,21-23H,5-7H2,1-3H3,(H,18,19,24);1-6H3/t11-;/m1./s1. The molecule has 0 spiro atoms. The zero-order valence-electron chi connectivity index (χ0n) is 24.9. The fourth-order valence-corrected chi connectivity index (χ4v) is 3.25. The second-order valence-corrected chi connectivity index (χ2v) is 11.8. The molecule has 0 unspecified atom stereocenters. The van der Waals surface area contributed by atoms with Crippen molar-refractivity contribution in [2.45, 2.75) is 91.2 Å². The molecule has 0 aliphatic heterocycles. The average Bonchev–Trinajstić information content (AvgIpc) is 3.21. The number of amides is 1. The molecule has 0 fully saturated rings. The number of H-pyrrole nitrogens is 2. The maximum atomic E-state index is 12.7. The summed E-state index contributed by atoms with van der Waals surface area (Å²) in [5.74, 6) is 0. The lowest BCUT2D eigenvalue weighted by molar-refractivity contribution is -0.0295. The normalized spacial score (nSPS) is 12.7. The number of carbonyl (C=O) groups excluding carboxylic acids is 3. The van der Waals surface area contributed by atoms with Crippen LogP contribution in [0.4, 0.5) is 14.4 Å². The Morgan fingerprint density at radius 3 is 1.73 bits per heavy atom. The third-order valence-electron chi connectivity index (χ3n) is 4.73. The number of hydrogen-bond donors (Lipinski definition) is 5. The third kappa shape index (κ3) is 11.8. The highest BCUT2D eigenvalue weighted by Gasteiger charge is 2.36. The molecule has 1 amide bonds. The topological polar surface area (TPSA) is 214 Å². The van der Waals surface area contributed by atoms with E-state index in [9.17, 15) is 34.5 Å². The number of aromatic amines is 2. The van der Waals surface area contributed by atoms with E-state index in [1.165, 1.54) is 12.5 Å². The van der Waals surface area contributed by atoms with Gasteiger partial charge in [-0.15, -0.1) is 0 Å². The van der Waals surface area contributed by atoms with Gasteiger partial charge in [-0.25, -0.2) is 19.4 Å². The molecule has 0 aliphatic carbocycles. The van der Waals surface area contributed by atoms with Gasteiger partial charge in [0.2, 0.25) is 0 Å². The Labute approximate surface area is 237 Å². The maximum absolute atomic E-state index is 12.7. The summed E-state index contributed by atoms with van der Waals surface area (Å²) in [6.07, 6.45) is -0.266. The van der Waals surface area contributed by atoms with Crippen molar-refractivity contribution in [1.82, 2.24) is 19.9 Å². The Kier molecular flexibility index (Phi) is 12.3. The Hall–Kier alpha value is -3.69. The molecule has 0 aliphatic rings. The summed E-state index contributed by atoms with van der Waals surface area (Å²) in [7, 11) is 0. The van der Waals surface area contributed by atoms with E-state index in [0.29, 0.717) is 5.56 Å². The molecule has 2 heterocycles. The van der Waals surface area contributed by atoms with E-state index in [0.717, 1.165) is 4.90 Å². The van der Waals surface area contributed by atoms with E-state index in [2.05, 4.69) is 19.7 Å². The zero-order chi connectivity index (χ0) is 31.8. The van der Waals surface area contributed by atoms with Gasteiger partial charge < -0.3 is 44.2 Å². The first-order chi connectivity index (χ1) is 18.7. The second-order valence-electron chi connectivity index (χ2n) is 11.8. The number of nitrogens with zero attached hydrogens (tertiary/aromatic N) is 2. The number of fused-ring (bicyclic) bond motifs is 1. The van der Waals surface area contributed by atoms with E-state index in [1.54, 1.807) is 62.3 Å². The van der Waals surface area contributed by atoms with Gasteiger partial charge in [0.05, 0.1) is 38.2 Å². The van der Waals surface area contributed by atoms with Crippen LogP contribution in [0.25, 0.3) is 11.0 Å². The number of aliphatic hydroxyl groups excluding tert-OH is 3. The Morgan fingerprint density at radius 2 is 1.32 bits per heavy atom. The highest BCUT2D eigenvalue weighted by molar-refractivity contribution is 5.79. The van der Waals surface area contributed by atoms with Gasteiger partial charge in [-0.3, -0.25) is 9.69 Å². The van der Waals surface area contributed by atoms with Crippen LogP contribution in [0.5, 0.6) is 0 Å². The smallest absolute Gasteiger partial charge is 0.444 e. The molecule has 0 aromatic carbocycles. The lowest BCUT2D eigenvalue weighted by Crippen LogP contribution is -2.49. The third-order valence-corrected chi connectivity index (χ3v) is 4.73. The fourth-order valence-electron chi connectivity index (χ4n) is 3.25. The fraction of sp³-hybridized carbons (Fsp3) is 0.654. The monoisotopic (exact) mass is 586 g/mol. The second kappa shape index (κ2) is 14.3. The first-order valence-electron chi connectivity index (χ1n) is 12.7. The van der Waals surface area contributed by atoms with Crippen LogP contribution < -0.4 is 5.56 Å². The van der Waals surface area contributed by atoms with E-state index < -0.39 is 72.7 Å². The minimum Gasteiger partial charge on any atom is -0.444 e. The summed E-state index contributed by atoms with van der Waals surface area (Å²) >= 11 is 0. The zero-order valence-corrected chi connectivity index (χ0v) is 24.9. The molecule has 0 bridgehead atoms. The number of aliphatic hydroxyl groups is 3. The van der Waals surface area contributed by atoms with Crippen molar-refractivity contribution in [2.24, 2.45) is 0 Å². The van der Waals surface area contributed by atoms with Crippen LogP contribution in [0.2, 0.25) is 0 Å². The van der Waals surface area contributed by atoms with E-state index in [1.807, 2.05) is 0 Å². The van der Waals surface area contributed by atoms with Crippen LogP contribution >= 0.6 is 0 Å². The molecule has 5 N–H and O–H groups in total. The van der Waals surface area contributed by atoms with Gasteiger partial charge in [-0.05, 0) is 62.3 Å². The number of nitrogens with one attached hydrogen (secondary N) is 2. The SMILES string of the molecule is CC(C)(C)OC(=O)N(C(CO)CO)[C@H](CO)c1c[nH]c2c(=O)[nH]cnc12.CC(C)(C)OC(=O)OC(=O)OC(C)(C)C. The van der Waals surface area contributed by atoms with Gasteiger partial charge in [0, 0.05) is 11.8 Å². The van der Waals surface area contributed by atoms with Crippen molar-refractivity contribution >= 4 is 29.4 Å². The summed E-state index contributed by atoms with van der Waals surface area (Å²) < 4.78 is 19.2. The number of carbonyl (C=O) groups is 3. The Balaban J connectivity index is 0.000000479. The van der Waals surface area contributed by atoms with Gasteiger partial charge in [0.1, 0.15) is 27.8 Å². The van der Waals surface area contributed by atoms with Crippen LogP contribution in [0.3, 0.4) is 0 Å². The van der Waals surface area contributed by atoms with Gasteiger partial charge >= 0.3 is 18.4 Å². The van der Waals surface area contributed by atoms with Crippen molar-refractivity contribution in [1.29, 1.82) is 0 Å². The van der Waals surface area contributed by atoms with Crippen molar-refractivity contribution in [3.63, 3.8) is 0 Å². The van der Waals surface area contributed by atoms with Crippen molar-refractivity contribution in [3.05, 3.63) is 28.4 Å². The van der Waals surface area contributed by atoms with E-state index >= 15 is 0 Å². The van der Waals surface area contributed by atoms with Crippen LogP contribution in [0.15, 0.2) is 17.3 Å². The molecular formula is C26H42N4O11. The van der Waals surface area contributed by atoms with Gasteiger partial charge in [0.25, 0.3) is 5.56 Å². The molecule has 41 heavy (non-hydrogen) atoms. The molecule has 232 valence electrons. The van der Waals surface area contributed by atoms with Gasteiger partial charge in [0.15, 0.2) is 0 Å². The van der Waals surface area contributed by atoms with Crippen molar-refractivity contribution < 1.29 is 48.7 Å². The van der Waals surface area contributed by atoms with Crippen LogP contribution in [-0.2, 0) is 18.9 Å². The predicted molar refractivity (Wildman–Crippen MR) is 146 cm³/mol. The van der Waals surface area contributed by atoms with Gasteiger partial charge in [-0.1, -0.05) is 0 Å². The minimum atomic E-state index is -1.06. The van der Waals surface area contributed by atoms with E-state index in [4.69, 9.17) is 14.2 Å². The highest BCUT2D eigenvalue weighted by atomic mass is 16.8. The number of rotatable bonds is 6. The van der Waals surface area contributed by atoms with Crippen LogP contribution in [0.1, 0.15) is 73.9 Å². The molecule has 1 atom stereocenters. The number of hydrogen-bond acceptors (Lipinski definition) is 12. The predicted octanol–water partition coefficient (Wildman–Crippen LogP) is 2.75. The van der Waals surface area contributed by atoms with Crippen LogP contribution in [0, 0.1) is 0 Å². The van der Waals surface area contributed by atoms with Crippen molar-refractivity contribution in [2.75, 3.05) is 19.8 Å². The molecule has 2 aromatic heterocycles. The molecule has 0 saturated carbocycles.